The second-order valence-corrected chi connectivity index (χ2v) is 12.6. The number of amides is 4. The number of carboxylic acids is 1. The molecule has 3 aromatic carbocycles. The molecule has 4 amide bonds. The van der Waals surface area contributed by atoms with Crippen molar-refractivity contribution in [3.8, 4) is 11.5 Å². The molecular weight excluding hydrogens is 733 g/mol. The number of nitrogens with two attached hydrogens (primary N) is 1. The third-order valence-corrected chi connectivity index (χ3v) is 8.54. The summed E-state index contributed by atoms with van der Waals surface area (Å²) in [7, 11) is 0. The van der Waals surface area contributed by atoms with E-state index >= 15 is 13.2 Å². The number of nitrogens with zero attached hydrogens (tertiary/aromatic N) is 2. The molecule has 19 heteroatoms. The maximum absolute atomic E-state index is 16.0. The summed E-state index contributed by atoms with van der Waals surface area (Å²) in [6.07, 6.45) is 0.425. The van der Waals surface area contributed by atoms with Gasteiger partial charge in [-0.15, -0.1) is 0 Å². The normalized spacial score (nSPS) is 14.3. The number of phenolic OH excluding ortho intramolecular Hbond substituents is 2. The van der Waals surface area contributed by atoms with Crippen molar-refractivity contribution in [1.29, 1.82) is 0 Å². The lowest BCUT2D eigenvalue weighted by Crippen LogP contribution is -2.65. The van der Waals surface area contributed by atoms with E-state index in [4.69, 9.17) is 5.73 Å². The molecule has 0 saturated carbocycles. The third-order valence-electron chi connectivity index (χ3n) is 7.90. The Kier molecular flexibility index (Phi) is 14.7. The Morgan fingerprint density at radius 2 is 1.36 bits per heavy atom. The number of halogens is 5. The highest BCUT2D eigenvalue weighted by atomic mass is 32.2. The summed E-state index contributed by atoms with van der Waals surface area (Å²) >= 11 is 0.977. The van der Waals surface area contributed by atoms with Crippen molar-refractivity contribution in [3.05, 3.63) is 95.6 Å². The molecule has 0 aliphatic heterocycles. The van der Waals surface area contributed by atoms with E-state index in [1.165, 1.54) is 60.9 Å². The summed E-state index contributed by atoms with van der Waals surface area (Å²) in [6.45, 7) is -1.40. The van der Waals surface area contributed by atoms with Crippen LogP contribution < -0.4 is 16.4 Å². The quantitative estimate of drug-likeness (QED) is 0.0631. The summed E-state index contributed by atoms with van der Waals surface area (Å²) in [5, 5.41) is 30.7. The van der Waals surface area contributed by atoms with E-state index in [0.29, 0.717) is 23.3 Å². The fraction of sp³-hybridized carbons (Fsp3) is 0.324. The van der Waals surface area contributed by atoms with Crippen LogP contribution in [0.15, 0.2) is 78.9 Å². The van der Waals surface area contributed by atoms with Crippen molar-refractivity contribution in [1.82, 2.24) is 20.9 Å². The molecular formula is C34H36F5N5O8S. The number of hydrogen-bond acceptors (Lipinski definition) is 10. The molecule has 0 aliphatic rings. The fourth-order valence-electron chi connectivity index (χ4n) is 5.04. The maximum Gasteiger partial charge on any atom is 0.365 e. The number of carbonyl (C=O) groups excluding carboxylic acids is 4. The fourth-order valence-corrected chi connectivity index (χ4v) is 5.50. The van der Waals surface area contributed by atoms with Crippen LogP contribution in [0.2, 0.25) is 0 Å². The third kappa shape index (κ3) is 10.4. The van der Waals surface area contributed by atoms with Crippen LogP contribution in [-0.2, 0) is 42.7 Å². The zero-order chi connectivity index (χ0) is 39.5. The Labute approximate surface area is 303 Å². The van der Waals surface area contributed by atoms with Crippen molar-refractivity contribution in [3.63, 3.8) is 0 Å². The Balaban J connectivity index is 1.94. The molecule has 3 rings (SSSR count). The van der Waals surface area contributed by atoms with Crippen LogP contribution in [0, 0.1) is 0 Å². The second-order valence-electron chi connectivity index (χ2n) is 11.6. The first-order valence-corrected chi connectivity index (χ1v) is 17.0. The number of thioether (sulfide) groups is 1. The molecule has 0 saturated heterocycles. The second kappa shape index (κ2) is 18.5. The van der Waals surface area contributed by atoms with Crippen LogP contribution in [0.1, 0.15) is 23.1 Å². The summed E-state index contributed by atoms with van der Waals surface area (Å²) in [6, 6.07) is 9.94. The largest absolute Gasteiger partial charge is 0.508 e. The van der Waals surface area contributed by atoms with Gasteiger partial charge in [-0.25, -0.2) is 9.18 Å². The monoisotopic (exact) mass is 769 g/mol. The molecule has 0 spiro atoms. The van der Waals surface area contributed by atoms with Gasteiger partial charge >= 0.3 is 17.7 Å². The van der Waals surface area contributed by atoms with Gasteiger partial charge in [0.15, 0.2) is 0 Å². The average Bonchev–Trinajstić information content (AvgIpc) is 3.13. The van der Waals surface area contributed by atoms with Crippen molar-refractivity contribution in [2.75, 3.05) is 18.6 Å². The Hall–Kier alpha value is -5.27. The number of aromatic hydroxyl groups is 2. The molecule has 0 radical (unpaired) electrons. The minimum absolute atomic E-state index is 0.0417. The van der Waals surface area contributed by atoms with Gasteiger partial charge in [0.1, 0.15) is 23.6 Å². The van der Waals surface area contributed by atoms with Gasteiger partial charge in [-0.05, 0) is 60.2 Å². The Morgan fingerprint density at radius 1 is 0.830 bits per heavy atom. The van der Waals surface area contributed by atoms with Crippen LogP contribution in [0.3, 0.4) is 0 Å². The van der Waals surface area contributed by atoms with Gasteiger partial charge in [-0.1, -0.05) is 63.6 Å². The van der Waals surface area contributed by atoms with Gasteiger partial charge in [0.05, 0.1) is 17.9 Å². The summed E-state index contributed by atoms with van der Waals surface area (Å²) in [4.78, 5) is 65.1. The molecule has 13 nitrogen and oxygen atoms in total. The number of nitrogens with one attached hydrogen (secondary N) is 2. The molecule has 286 valence electrons. The van der Waals surface area contributed by atoms with Crippen LogP contribution in [0.4, 0.5) is 22.1 Å². The first kappa shape index (κ1) is 42.1. The molecule has 0 fully saturated rings. The molecule has 0 aliphatic carbocycles. The molecule has 4 atom stereocenters. The predicted octanol–water partition coefficient (Wildman–Crippen LogP) is 2.90. The van der Waals surface area contributed by atoms with Crippen LogP contribution in [0.5, 0.6) is 11.5 Å². The van der Waals surface area contributed by atoms with E-state index in [2.05, 4.69) is 5.32 Å². The van der Waals surface area contributed by atoms with Gasteiger partial charge in [0, 0.05) is 12.0 Å². The molecule has 0 bridgehead atoms. The Bertz CT molecular complexity index is 1740. The molecule has 7 N–H and O–H groups in total. The van der Waals surface area contributed by atoms with Crippen molar-refractivity contribution >= 4 is 41.4 Å². The number of alkyl halides is 3. The summed E-state index contributed by atoms with van der Waals surface area (Å²) in [5.41, 5.74) is 5.53. The zero-order valence-corrected chi connectivity index (χ0v) is 28.7. The number of rotatable bonds is 18. The van der Waals surface area contributed by atoms with Crippen molar-refractivity contribution in [2.45, 2.75) is 49.1 Å². The standard InChI is InChI=1S/C34H36F5N5O8S/c1-53-16-15-27(31(50)51)43(32(52)34(37,44(38)39)33(35,36)22-5-3-2-4-6-22)28(47)19-41-30(49)26(18-21-9-13-24(46)14-10-21)42-29(48)25(40)17-20-7-11-23(45)12-8-20/h2-14,25-27,45-46H,15-19,40H2,1H3,(H,41,49)(H,42,48)(H,50,51)/t25-,26+,27-,34+/m0/s1. The minimum atomic E-state index is -5.61. The van der Waals surface area contributed by atoms with Crippen LogP contribution in [0.25, 0.3) is 0 Å². The molecule has 53 heavy (non-hydrogen) atoms. The smallest absolute Gasteiger partial charge is 0.365 e. The lowest BCUT2D eigenvalue weighted by Gasteiger charge is -2.37. The van der Waals surface area contributed by atoms with E-state index in [1.807, 2.05) is 5.32 Å². The molecule has 0 aromatic heterocycles. The highest BCUT2D eigenvalue weighted by molar-refractivity contribution is 7.98. The van der Waals surface area contributed by atoms with E-state index in [9.17, 15) is 48.3 Å². The zero-order valence-electron chi connectivity index (χ0n) is 27.9. The van der Waals surface area contributed by atoms with Gasteiger partial charge in [-0.2, -0.15) is 20.5 Å². The number of hydrogen-bond donors (Lipinski definition) is 6. The lowest BCUT2D eigenvalue weighted by atomic mass is 9.96. The number of carbonyl (C=O) groups is 5. The summed E-state index contributed by atoms with van der Waals surface area (Å²) in [5.74, 6) is -20.1. The van der Waals surface area contributed by atoms with E-state index in [1.54, 1.807) is 0 Å². The summed E-state index contributed by atoms with van der Waals surface area (Å²) < 4.78 is 75.3. The van der Waals surface area contributed by atoms with Crippen molar-refractivity contribution < 1.29 is 61.4 Å². The first-order valence-electron chi connectivity index (χ1n) is 15.7. The number of carboxylic acid groups (broad SMARTS) is 1. The van der Waals surface area contributed by atoms with Crippen molar-refractivity contribution in [2.24, 2.45) is 5.73 Å². The molecule has 3 aromatic rings. The van der Waals surface area contributed by atoms with Crippen LogP contribution >= 0.6 is 11.8 Å². The van der Waals surface area contributed by atoms with Crippen LogP contribution in [-0.4, -0.2) is 97.6 Å². The first-order chi connectivity index (χ1) is 24.9. The predicted molar refractivity (Wildman–Crippen MR) is 181 cm³/mol. The van der Waals surface area contributed by atoms with E-state index in [-0.39, 0.29) is 30.1 Å². The SMILES string of the molecule is CSCC[C@@H](C(=O)O)N(C(=O)CNC(=O)[C@@H](Cc1ccc(O)cc1)NC(=O)[C@@H](N)Cc1ccc(O)cc1)C(=O)[C@@](F)(N(F)F)C(F)(F)c1ccccc1. The maximum atomic E-state index is 16.0. The molecule has 0 heterocycles. The van der Waals surface area contributed by atoms with Gasteiger partial charge in [0.2, 0.25) is 17.7 Å². The molecule has 0 unspecified atom stereocenters. The highest BCUT2D eigenvalue weighted by Gasteiger charge is 2.70. The number of imide groups is 1. The number of aliphatic carboxylic acids is 1. The lowest BCUT2D eigenvalue weighted by molar-refractivity contribution is -0.337. The van der Waals surface area contributed by atoms with Gasteiger partial charge in [-0.3, -0.25) is 24.1 Å². The number of phenols is 2. The average molecular weight is 770 g/mol. The van der Waals surface area contributed by atoms with E-state index in [0.717, 1.165) is 23.9 Å². The van der Waals surface area contributed by atoms with E-state index < -0.39 is 88.2 Å². The minimum Gasteiger partial charge on any atom is -0.508 e. The topological polar surface area (TPSA) is 203 Å². The Morgan fingerprint density at radius 3 is 1.85 bits per heavy atom. The van der Waals surface area contributed by atoms with Gasteiger partial charge in [0.25, 0.3) is 5.91 Å². The van der Waals surface area contributed by atoms with Gasteiger partial charge < -0.3 is 31.7 Å². The number of benzene rings is 3. The highest BCUT2D eigenvalue weighted by Crippen LogP contribution is 2.46.